The Kier molecular flexibility index (Phi) is 10.8. The molecule has 0 unspecified atom stereocenters. The molecule has 0 amide bonds. The zero-order valence-electron chi connectivity index (χ0n) is 16.9. The number of halogens is 5. The second-order valence-electron chi connectivity index (χ2n) is 6.04. The quantitative estimate of drug-likeness (QED) is 0.165. The van der Waals surface area contributed by atoms with Gasteiger partial charge in [0, 0.05) is 27.9 Å². The maximum Gasteiger partial charge on any atom is 0.311 e. The van der Waals surface area contributed by atoms with Crippen molar-refractivity contribution in [2.24, 2.45) is 5.73 Å². The second kappa shape index (κ2) is 12.5. The van der Waals surface area contributed by atoms with Gasteiger partial charge in [-0.2, -0.15) is 8.78 Å². The number of nitrogens with two attached hydrogens (primary N) is 1. The van der Waals surface area contributed by atoms with Gasteiger partial charge in [0.2, 0.25) is 34.8 Å². The number of carbonyl (C=O) groups excluding carboxylic acids is 2. The highest BCUT2D eigenvalue weighted by atomic mass is 19.2. The van der Waals surface area contributed by atoms with E-state index in [0.29, 0.717) is 0 Å². The summed E-state index contributed by atoms with van der Waals surface area (Å²) in [5.74, 6) is -15.7. The first-order valence-electron chi connectivity index (χ1n) is 8.78. The molecule has 1 aromatic carbocycles. The third-order valence-corrected chi connectivity index (χ3v) is 4.17. The molecule has 0 heterocycles. The summed E-state index contributed by atoms with van der Waals surface area (Å²) in [4.78, 5) is 23.5. The maximum atomic E-state index is 13.5. The van der Waals surface area contributed by atoms with E-state index < -0.39 is 77.9 Å². The van der Waals surface area contributed by atoms with Gasteiger partial charge in [0.1, 0.15) is 18.8 Å². The van der Waals surface area contributed by atoms with Gasteiger partial charge in [0.15, 0.2) is 0 Å². The predicted molar refractivity (Wildman–Crippen MR) is 93.5 cm³/mol. The van der Waals surface area contributed by atoms with Crippen LogP contribution in [0.15, 0.2) is 0 Å². The zero-order valence-corrected chi connectivity index (χ0v) is 16.9. The number of carbonyl (C=O) groups is 2. The Labute approximate surface area is 174 Å². The minimum Gasteiger partial charge on any atom is -0.463 e. The van der Waals surface area contributed by atoms with Crippen LogP contribution in [-0.2, 0) is 28.5 Å². The maximum absolute atomic E-state index is 13.5. The van der Waals surface area contributed by atoms with E-state index >= 15 is 0 Å². The molecule has 0 bridgehead atoms. The fourth-order valence-electron chi connectivity index (χ4n) is 2.50. The van der Waals surface area contributed by atoms with E-state index in [4.69, 9.17) is 24.7 Å². The highest BCUT2D eigenvalue weighted by Crippen LogP contribution is 2.29. The lowest BCUT2D eigenvalue weighted by Crippen LogP contribution is -2.47. The predicted octanol–water partition coefficient (Wildman–Crippen LogP) is 1.61. The molecule has 0 saturated heterocycles. The van der Waals surface area contributed by atoms with Gasteiger partial charge in [-0.15, -0.1) is 0 Å². The molecule has 1 rings (SSSR count). The van der Waals surface area contributed by atoms with Crippen LogP contribution in [0.3, 0.4) is 0 Å². The average Bonchev–Trinajstić information content (AvgIpc) is 2.77. The van der Waals surface area contributed by atoms with Crippen LogP contribution < -0.4 is 10.5 Å². The van der Waals surface area contributed by atoms with Crippen molar-refractivity contribution in [2.45, 2.75) is 31.2 Å². The van der Waals surface area contributed by atoms with Crippen LogP contribution in [0, 0.1) is 29.1 Å². The summed E-state index contributed by atoms with van der Waals surface area (Å²) >= 11 is 0. The summed E-state index contributed by atoms with van der Waals surface area (Å²) < 4.78 is 90.9. The van der Waals surface area contributed by atoms with Crippen LogP contribution in [0.25, 0.3) is 0 Å². The molecule has 0 fully saturated rings. The van der Waals surface area contributed by atoms with Crippen molar-refractivity contribution in [3.63, 3.8) is 0 Å². The van der Waals surface area contributed by atoms with E-state index in [1.54, 1.807) is 0 Å². The van der Waals surface area contributed by atoms with Gasteiger partial charge in [-0.25, -0.2) is 13.2 Å². The number of rotatable bonds is 12. The first kappa shape index (κ1) is 26.7. The van der Waals surface area contributed by atoms with Gasteiger partial charge in [-0.3, -0.25) is 9.59 Å². The van der Waals surface area contributed by atoms with E-state index in [2.05, 4.69) is 4.74 Å². The number of ether oxygens (including phenoxy) is 5. The molecule has 31 heavy (non-hydrogen) atoms. The summed E-state index contributed by atoms with van der Waals surface area (Å²) in [5.41, 5.74) is 5.56. The molecular weight excluding hydrogens is 437 g/mol. The number of hydrogen-bond acceptors (Lipinski definition) is 8. The smallest absolute Gasteiger partial charge is 0.311 e. The topological polar surface area (TPSA) is 106 Å². The minimum atomic E-state index is -2.40. The Bertz CT molecular complexity index is 747. The lowest BCUT2D eigenvalue weighted by Gasteiger charge is -2.29. The van der Waals surface area contributed by atoms with E-state index in [0.717, 1.165) is 0 Å². The minimum absolute atomic E-state index is 0.0896. The highest BCUT2D eigenvalue weighted by molar-refractivity contribution is 5.79. The molecule has 176 valence electrons. The summed E-state index contributed by atoms with van der Waals surface area (Å²) in [6.07, 6.45) is -3.39. The van der Waals surface area contributed by atoms with Gasteiger partial charge in [0.05, 0.1) is 18.9 Å². The Hall–Kier alpha value is -2.35. The first-order chi connectivity index (χ1) is 14.6. The second-order valence-corrected chi connectivity index (χ2v) is 6.04. The Balaban J connectivity index is 2.64. The SMILES string of the molecule is CO[C@H]([C@H](CN)OC)[C@H](COC(=O)CCC(=O)Oc1c(F)c(F)c(F)c(F)c1F)OC. The number of hydrogen-bond donors (Lipinski definition) is 1. The van der Waals surface area contributed by atoms with Gasteiger partial charge < -0.3 is 29.4 Å². The summed E-state index contributed by atoms with van der Waals surface area (Å²) in [6.45, 7) is -0.216. The Morgan fingerprint density at radius 3 is 1.71 bits per heavy atom. The molecule has 0 radical (unpaired) electrons. The van der Waals surface area contributed by atoms with E-state index in [1.165, 1.54) is 21.3 Å². The molecule has 8 nitrogen and oxygen atoms in total. The van der Waals surface area contributed by atoms with Gasteiger partial charge in [0.25, 0.3) is 0 Å². The van der Waals surface area contributed by atoms with Gasteiger partial charge in [-0.05, 0) is 0 Å². The van der Waals surface area contributed by atoms with Crippen LogP contribution in [0.2, 0.25) is 0 Å². The average molecular weight is 459 g/mol. The third kappa shape index (κ3) is 6.82. The molecule has 1 aromatic rings. The lowest BCUT2D eigenvalue weighted by molar-refractivity contribution is -0.158. The fraction of sp³-hybridized carbons (Fsp3) is 0.556. The molecule has 0 saturated carbocycles. The first-order valence-corrected chi connectivity index (χ1v) is 8.78. The molecule has 13 heteroatoms. The van der Waals surface area contributed by atoms with Crippen LogP contribution in [0.5, 0.6) is 5.75 Å². The van der Waals surface area contributed by atoms with E-state index in [1.807, 2.05) is 0 Å². The van der Waals surface area contributed by atoms with Crippen molar-refractivity contribution in [1.29, 1.82) is 0 Å². The highest BCUT2D eigenvalue weighted by Gasteiger charge is 2.31. The molecule has 0 spiro atoms. The fourth-order valence-corrected chi connectivity index (χ4v) is 2.50. The van der Waals surface area contributed by atoms with Crippen molar-refractivity contribution in [3.05, 3.63) is 29.1 Å². The molecule has 0 aliphatic heterocycles. The van der Waals surface area contributed by atoms with Crippen LogP contribution in [-0.4, -0.2) is 64.7 Å². The van der Waals surface area contributed by atoms with Gasteiger partial charge >= 0.3 is 11.9 Å². The third-order valence-electron chi connectivity index (χ3n) is 4.17. The standard InChI is InChI=1S/C18H22F5NO7/c1-27-8(6-24)17(29-3)9(28-2)7-30-10(25)4-5-11(26)31-18-15(22)13(20)12(19)14(21)16(18)23/h8-9,17H,4-7,24H2,1-3H3/t8-,9-,17+/m0/s1. The molecular formula is C18H22F5NO7. The summed E-state index contributed by atoms with van der Waals surface area (Å²) in [7, 11) is 4.10. The number of benzene rings is 1. The molecule has 0 aromatic heterocycles. The monoisotopic (exact) mass is 459 g/mol. The molecule has 2 N–H and O–H groups in total. The normalized spacial score (nSPS) is 14.1. The molecule has 0 aliphatic carbocycles. The Morgan fingerprint density at radius 1 is 0.774 bits per heavy atom. The van der Waals surface area contributed by atoms with Crippen molar-refractivity contribution in [2.75, 3.05) is 34.5 Å². The number of methoxy groups -OCH3 is 3. The van der Waals surface area contributed by atoms with E-state index in [9.17, 15) is 31.5 Å². The molecule has 0 aliphatic rings. The van der Waals surface area contributed by atoms with Gasteiger partial charge in [-0.1, -0.05) is 0 Å². The van der Waals surface area contributed by atoms with Crippen LogP contribution in [0.1, 0.15) is 12.8 Å². The summed E-state index contributed by atoms with van der Waals surface area (Å²) in [6, 6.07) is 0. The van der Waals surface area contributed by atoms with E-state index in [-0.39, 0.29) is 13.2 Å². The summed E-state index contributed by atoms with van der Waals surface area (Å²) in [5, 5.41) is 0. The van der Waals surface area contributed by atoms with Crippen LogP contribution in [0.4, 0.5) is 22.0 Å². The Morgan fingerprint density at radius 2 is 1.26 bits per heavy atom. The largest absolute Gasteiger partial charge is 0.463 e. The lowest BCUT2D eigenvalue weighted by atomic mass is 10.1. The van der Waals surface area contributed by atoms with Crippen molar-refractivity contribution >= 4 is 11.9 Å². The molecule has 3 atom stereocenters. The van der Waals surface area contributed by atoms with Crippen LogP contribution >= 0.6 is 0 Å². The number of esters is 2. The van der Waals surface area contributed by atoms with Crippen molar-refractivity contribution in [3.8, 4) is 5.75 Å². The van der Waals surface area contributed by atoms with Crippen molar-refractivity contribution < 1.29 is 55.2 Å². The van der Waals surface area contributed by atoms with Crippen molar-refractivity contribution in [1.82, 2.24) is 0 Å². The zero-order chi connectivity index (χ0) is 23.7.